The maximum atomic E-state index is 5.83. The third-order valence-corrected chi connectivity index (χ3v) is 3.80. The predicted molar refractivity (Wildman–Crippen MR) is 99.0 cm³/mol. The number of oxazole rings is 1. The SMILES string of the molecule is CCCCN(C)C(=NCc1ncc(-c2ccc(C)cc2)o1)NCC. The van der Waals surface area contributed by atoms with Crippen LogP contribution in [0, 0.1) is 6.92 Å². The molecule has 0 aliphatic carbocycles. The van der Waals surface area contributed by atoms with Gasteiger partial charge in [-0.2, -0.15) is 0 Å². The summed E-state index contributed by atoms with van der Waals surface area (Å²) in [4.78, 5) is 11.1. The van der Waals surface area contributed by atoms with Crippen molar-refractivity contribution in [1.82, 2.24) is 15.2 Å². The van der Waals surface area contributed by atoms with Crippen LogP contribution in [0.1, 0.15) is 38.1 Å². The van der Waals surface area contributed by atoms with Crippen LogP contribution in [-0.4, -0.2) is 36.0 Å². The molecule has 0 aliphatic heterocycles. The Balaban J connectivity index is 2.04. The molecule has 0 amide bonds. The van der Waals surface area contributed by atoms with E-state index in [0.29, 0.717) is 12.4 Å². The van der Waals surface area contributed by atoms with E-state index in [1.165, 1.54) is 12.0 Å². The molecule has 1 aromatic carbocycles. The van der Waals surface area contributed by atoms with Crippen molar-refractivity contribution >= 4 is 5.96 Å². The Labute approximate surface area is 144 Å². The molecule has 2 aromatic rings. The number of nitrogens with one attached hydrogen (secondary N) is 1. The fourth-order valence-corrected chi connectivity index (χ4v) is 2.35. The molecule has 130 valence electrons. The lowest BCUT2D eigenvalue weighted by Crippen LogP contribution is -2.39. The molecule has 1 aromatic heterocycles. The number of benzene rings is 1. The third kappa shape index (κ3) is 5.11. The normalized spacial score (nSPS) is 11.6. The summed E-state index contributed by atoms with van der Waals surface area (Å²) in [6, 6.07) is 8.24. The van der Waals surface area contributed by atoms with Crippen molar-refractivity contribution in [2.45, 2.75) is 40.2 Å². The van der Waals surface area contributed by atoms with Gasteiger partial charge in [-0.3, -0.25) is 0 Å². The van der Waals surface area contributed by atoms with E-state index in [9.17, 15) is 0 Å². The van der Waals surface area contributed by atoms with E-state index >= 15 is 0 Å². The third-order valence-electron chi connectivity index (χ3n) is 3.80. The average Bonchev–Trinajstić information content (AvgIpc) is 3.06. The quantitative estimate of drug-likeness (QED) is 0.619. The van der Waals surface area contributed by atoms with Crippen molar-refractivity contribution in [2.75, 3.05) is 20.1 Å². The summed E-state index contributed by atoms with van der Waals surface area (Å²) in [5, 5.41) is 3.31. The lowest BCUT2D eigenvalue weighted by atomic mass is 10.1. The van der Waals surface area contributed by atoms with Gasteiger partial charge in [0.2, 0.25) is 5.89 Å². The number of unbranched alkanes of at least 4 members (excludes halogenated alkanes) is 1. The molecule has 0 atom stereocenters. The second-order valence-corrected chi connectivity index (χ2v) is 5.93. The number of aromatic nitrogens is 1. The zero-order chi connectivity index (χ0) is 17.4. The number of hydrogen-bond donors (Lipinski definition) is 1. The minimum Gasteiger partial charge on any atom is -0.439 e. The molecule has 0 radical (unpaired) electrons. The van der Waals surface area contributed by atoms with Crippen LogP contribution >= 0.6 is 0 Å². The van der Waals surface area contributed by atoms with E-state index in [-0.39, 0.29) is 0 Å². The maximum absolute atomic E-state index is 5.83. The molecule has 0 saturated heterocycles. The molecule has 0 fully saturated rings. The Morgan fingerprint density at radius 3 is 2.67 bits per heavy atom. The molecule has 24 heavy (non-hydrogen) atoms. The molecule has 0 aliphatic rings. The lowest BCUT2D eigenvalue weighted by molar-refractivity contribution is 0.459. The van der Waals surface area contributed by atoms with E-state index in [1.54, 1.807) is 6.20 Å². The van der Waals surface area contributed by atoms with Crippen molar-refractivity contribution in [3.63, 3.8) is 0 Å². The van der Waals surface area contributed by atoms with Crippen LogP contribution in [0.2, 0.25) is 0 Å². The van der Waals surface area contributed by atoms with Crippen LogP contribution in [0.5, 0.6) is 0 Å². The van der Waals surface area contributed by atoms with Crippen molar-refractivity contribution in [2.24, 2.45) is 4.99 Å². The van der Waals surface area contributed by atoms with Crippen molar-refractivity contribution in [3.8, 4) is 11.3 Å². The van der Waals surface area contributed by atoms with Crippen LogP contribution in [0.15, 0.2) is 39.9 Å². The predicted octanol–water partition coefficient (Wildman–Crippen LogP) is 3.85. The van der Waals surface area contributed by atoms with Gasteiger partial charge in [0.1, 0.15) is 6.54 Å². The Hall–Kier alpha value is -2.30. The summed E-state index contributed by atoms with van der Waals surface area (Å²) >= 11 is 0. The van der Waals surface area contributed by atoms with E-state index in [1.807, 2.05) is 12.1 Å². The number of aliphatic imine (C=N–C) groups is 1. The first-order valence-corrected chi connectivity index (χ1v) is 8.65. The van der Waals surface area contributed by atoms with E-state index in [2.05, 4.69) is 60.1 Å². The van der Waals surface area contributed by atoms with Gasteiger partial charge in [0.25, 0.3) is 0 Å². The topological polar surface area (TPSA) is 53.7 Å². The fraction of sp³-hybridized carbons (Fsp3) is 0.474. The van der Waals surface area contributed by atoms with Gasteiger partial charge >= 0.3 is 0 Å². The van der Waals surface area contributed by atoms with Gasteiger partial charge in [-0.1, -0.05) is 43.2 Å². The average molecular weight is 328 g/mol. The van der Waals surface area contributed by atoms with Gasteiger partial charge in [-0.25, -0.2) is 9.98 Å². The molecule has 0 unspecified atom stereocenters. The van der Waals surface area contributed by atoms with Gasteiger partial charge < -0.3 is 14.6 Å². The lowest BCUT2D eigenvalue weighted by Gasteiger charge is -2.21. The smallest absolute Gasteiger partial charge is 0.216 e. The van der Waals surface area contributed by atoms with Gasteiger partial charge in [-0.05, 0) is 20.3 Å². The van der Waals surface area contributed by atoms with Gasteiger partial charge in [0, 0.05) is 25.7 Å². The van der Waals surface area contributed by atoms with Crippen molar-refractivity contribution in [3.05, 3.63) is 41.9 Å². The van der Waals surface area contributed by atoms with Crippen LogP contribution in [0.3, 0.4) is 0 Å². The molecule has 1 N–H and O–H groups in total. The number of rotatable bonds is 7. The zero-order valence-corrected chi connectivity index (χ0v) is 15.2. The standard InChI is InChI=1S/C19H28N4O/c1-5-7-12-23(4)19(20-6-2)22-14-18-21-13-17(24-18)16-10-8-15(3)9-11-16/h8-11,13H,5-7,12,14H2,1-4H3,(H,20,22). The minimum absolute atomic E-state index is 0.435. The minimum atomic E-state index is 0.435. The van der Waals surface area contributed by atoms with Crippen molar-refractivity contribution in [1.29, 1.82) is 0 Å². The highest BCUT2D eigenvalue weighted by Crippen LogP contribution is 2.21. The Bertz CT molecular complexity index is 646. The highest BCUT2D eigenvalue weighted by molar-refractivity contribution is 5.79. The van der Waals surface area contributed by atoms with E-state index < -0.39 is 0 Å². The fourth-order valence-electron chi connectivity index (χ4n) is 2.35. The van der Waals surface area contributed by atoms with Crippen LogP contribution in [0.4, 0.5) is 0 Å². The summed E-state index contributed by atoms with van der Waals surface area (Å²) in [7, 11) is 2.06. The molecule has 0 saturated carbocycles. The van der Waals surface area contributed by atoms with Crippen LogP contribution in [-0.2, 0) is 6.54 Å². The molecular weight excluding hydrogens is 300 g/mol. The summed E-state index contributed by atoms with van der Waals surface area (Å²) in [5.74, 6) is 2.30. The molecule has 2 rings (SSSR count). The molecular formula is C19H28N4O. The second-order valence-electron chi connectivity index (χ2n) is 5.93. The molecule has 5 nitrogen and oxygen atoms in total. The van der Waals surface area contributed by atoms with Crippen molar-refractivity contribution < 1.29 is 4.42 Å². The molecule has 0 bridgehead atoms. The highest BCUT2D eigenvalue weighted by Gasteiger charge is 2.08. The number of nitrogens with zero attached hydrogens (tertiary/aromatic N) is 3. The summed E-state index contributed by atoms with van der Waals surface area (Å²) < 4.78 is 5.83. The van der Waals surface area contributed by atoms with E-state index in [4.69, 9.17) is 4.42 Å². The molecule has 1 heterocycles. The first-order chi connectivity index (χ1) is 11.6. The Morgan fingerprint density at radius 1 is 1.25 bits per heavy atom. The largest absolute Gasteiger partial charge is 0.439 e. The summed E-state index contributed by atoms with van der Waals surface area (Å²) in [6.45, 7) is 8.60. The van der Waals surface area contributed by atoms with E-state index in [0.717, 1.165) is 36.8 Å². The summed E-state index contributed by atoms with van der Waals surface area (Å²) in [6.07, 6.45) is 4.09. The number of guanidine groups is 1. The summed E-state index contributed by atoms with van der Waals surface area (Å²) in [5.41, 5.74) is 2.27. The first kappa shape index (κ1) is 18.0. The van der Waals surface area contributed by atoms with Gasteiger partial charge in [-0.15, -0.1) is 0 Å². The van der Waals surface area contributed by atoms with Gasteiger partial charge in [0.15, 0.2) is 11.7 Å². The maximum Gasteiger partial charge on any atom is 0.216 e. The highest BCUT2D eigenvalue weighted by atomic mass is 16.4. The zero-order valence-electron chi connectivity index (χ0n) is 15.2. The first-order valence-electron chi connectivity index (χ1n) is 8.65. The monoisotopic (exact) mass is 328 g/mol. The second kappa shape index (κ2) is 9.11. The van der Waals surface area contributed by atoms with Crippen LogP contribution < -0.4 is 5.32 Å². The molecule has 0 spiro atoms. The Kier molecular flexibility index (Phi) is 6.85. The Morgan fingerprint density at radius 2 is 2.00 bits per heavy atom. The number of hydrogen-bond acceptors (Lipinski definition) is 3. The molecule has 5 heteroatoms. The number of aryl methyl sites for hydroxylation is 1. The van der Waals surface area contributed by atoms with Crippen LogP contribution in [0.25, 0.3) is 11.3 Å². The van der Waals surface area contributed by atoms with Gasteiger partial charge in [0.05, 0.1) is 6.20 Å².